The predicted octanol–water partition coefficient (Wildman–Crippen LogP) is 3.93. The molecule has 0 bridgehead atoms. The Kier molecular flexibility index (Phi) is 5.42. The zero-order valence-corrected chi connectivity index (χ0v) is 12.0. The summed E-state index contributed by atoms with van der Waals surface area (Å²) < 4.78 is 6.10. The molecule has 1 aromatic carbocycles. The Morgan fingerprint density at radius 3 is 2.71 bits per heavy atom. The van der Waals surface area contributed by atoms with Crippen molar-refractivity contribution in [2.45, 2.75) is 26.7 Å². The minimum Gasteiger partial charge on any atom is -0.497 e. The van der Waals surface area contributed by atoms with E-state index in [1.165, 1.54) is 0 Å². The van der Waals surface area contributed by atoms with E-state index < -0.39 is 0 Å². The van der Waals surface area contributed by atoms with Gasteiger partial charge in [-0.1, -0.05) is 28.9 Å². The summed E-state index contributed by atoms with van der Waals surface area (Å²) in [7, 11) is 1.62. The Bertz CT molecular complexity index is 436. The molecule has 1 rings (SSSR count). The van der Waals surface area contributed by atoms with Gasteiger partial charge in [0.05, 0.1) is 7.11 Å². The molecule has 0 aromatic heterocycles. The van der Waals surface area contributed by atoms with Crippen LogP contribution < -0.4 is 4.74 Å². The van der Waals surface area contributed by atoms with E-state index in [1.54, 1.807) is 7.11 Å². The molecule has 0 saturated carbocycles. The van der Waals surface area contributed by atoms with E-state index in [0.717, 1.165) is 27.8 Å². The number of ether oxygens (including phenoxy) is 1. The quantitative estimate of drug-likeness (QED) is 0.770. The molecule has 0 fully saturated rings. The van der Waals surface area contributed by atoms with Crippen molar-refractivity contribution in [2.75, 3.05) is 7.11 Å². The molecule has 0 heterocycles. The molecule has 92 valence electrons. The molecule has 0 atom stereocenters. The largest absolute Gasteiger partial charge is 0.497 e. The molecule has 0 aliphatic heterocycles. The summed E-state index contributed by atoms with van der Waals surface area (Å²) in [6, 6.07) is 5.67. The number of benzene rings is 1. The number of rotatable bonds is 5. The van der Waals surface area contributed by atoms with Crippen molar-refractivity contribution in [2.24, 2.45) is 0 Å². The Morgan fingerprint density at radius 2 is 2.18 bits per heavy atom. The first-order valence-corrected chi connectivity index (χ1v) is 6.42. The van der Waals surface area contributed by atoms with Gasteiger partial charge in [0.15, 0.2) is 5.78 Å². The fraction of sp³-hybridized carbons (Fsp3) is 0.357. The van der Waals surface area contributed by atoms with Gasteiger partial charge in [0, 0.05) is 10.9 Å². The van der Waals surface area contributed by atoms with Crippen LogP contribution in [0.2, 0.25) is 0 Å². The van der Waals surface area contributed by atoms with E-state index in [9.17, 15) is 4.79 Å². The molecule has 0 spiro atoms. The van der Waals surface area contributed by atoms with Crippen molar-refractivity contribution in [1.82, 2.24) is 0 Å². The number of ketones is 1. The Balaban J connectivity index is 2.91. The minimum atomic E-state index is 0.170. The second-order valence-corrected chi connectivity index (χ2v) is 4.58. The third-order valence-electron chi connectivity index (χ3n) is 2.69. The van der Waals surface area contributed by atoms with E-state index in [4.69, 9.17) is 4.74 Å². The Hall–Kier alpha value is -1.09. The number of allylic oxidation sites excluding steroid dienone is 2. The number of carbonyl (C=O) groups is 1. The normalized spacial score (nSPS) is 11.4. The van der Waals surface area contributed by atoms with Crippen molar-refractivity contribution in [1.29, 1.82) is 0 Å². The van der Waals surface area contributed by atoms with Crippen LogP contribution in [0.5, 0.6) is 5.75 Å². The van der Waals surface area contributed by atoms with Crippen molar-refractivity contribution in [3.8, 4) is 5.75 Å². The van der Waals surface area contributed by atoms with Gasteiger partial charge in [0.2, 0.25) is 0 Å². The molecule has 0 aliphatic carbocycles. The highest BCUT2D eigenvalue weighted by Gasteiger charge is 2.11. The number of halogens is 1. The molecule has 2 nitrogen and oxygen atoms in total. The van der Waals surface area contributed by atoms with Gasteiger partial charge in [-0.25, -0.2) is 0 Å². The minimum absolute atomic E-state index is 0.170. The predicted molar refractivity (Wildman–Crippen MR) is 73.5 cm³/mol. The summed E-state index contributed by atoms with van der Waals surface area (Å²) in [6.07, 6.45) is 3.07. The third kappa shape index (κ3) is 3.70. The van der Waals surface area contributed by atoms with E-state index in [-0.39, 0.29) is 5.78 Å². The first-order chi connectivity index (χ1) is 8.12. The number of hydrogen-bond acceptors (Lipinski definition) is 2. The van der Waals surface area contributed by atoms with Gasteiger partial charge < -0.3 is 4.74 Å². The number of methoxy groups -OCH3 is 1. The molecule has 17 heavy (non-hydrogen) atoms. The van der Waals surface area contributed by atoms with Gasteiger partial charge in [-0.15, -0.1) is 0 Å². The van der Waals surface area contributed by atoms with Gasteiger partial charge >= 0.3 is 0 Å². The van der Waals surface area contributed by atoms with Gasteiger partial charge in [0.1, 0.15) is 5.75 Å². The van der Waals surface area contributed by atoms with Crippen LogP contribution in [0.3, 0.4) is 0 Å². The lowest BCUT2D eigenvalue weighted by molar-refractivity contribution is -0.115. The van der Waals surface area contributed by atoms with Gasteiger partial charge in [-0.2, -0.15) is 0 Å². The fourth-order valence-corrected chi connectivity index (χ4v) is 2.05. The van der Waals surface area contributed by atoms with Crippen molar-refractivity contribution >= 4 is 21.7 Å². The summed E-state index contributed by atoms with van der Waals surface area (Å²) in [5, 5.41) is 0. The number of hydrogen-bond donors (Lipinski definition) is 0. The Morgan fingerprint density at radius 1 is 1.47 bits per heavy atom. The number of Topliss-reactive ketones (excluding diaryl/α,β-unsaturated/α-hetero) is 1. The summed E-state index contributed by atoms with van der Waals surface area (Å²) in [6.45, 7) is 3.89. The maximum Gasteiger partial charge on any atom is 0.162 e. The molecule has 0 N–H and O–H groups in total. The summed E-state index contributed by atoms with van der Waals surface area (Å²) in [4.78, 5) is 12.0. The molecule has 1 aromatic rings. The third-order valence-corrected chi connectivity index (χ3v) is 3.47. The highest BCUT2D eigenvalue weighted by atomic mass is 79.9. The molecule has 0 amide bonds. The van der Waals surface area contributed by atoms with Crippen molar-refractivity contribution in [3.05, 3.63) is 39.9 Å². The maximum absolute atomic E-state index is 12.0. The lowest BCUT2D eigenvalue weighted by Crippen LogP contribution is -2.06. The SMILES string of the molecule is C/C=C(/CC)C(=O)Cc1cc(OC)ccc1Br. The molecular formula is C14H17BrO2. The average Bonchev–Trinajstić information content (AvgIpc) is 2.33. The standard InChI is InChI=1S/C14H17BrO2/c1-4-10(5-2)14(16)9-11-8-12(17-3)6-7-13(11)15/h4,6-8H,5,9H2,1-3H3/b10-4-. The van der Waals surface area contributed by atoms with Gasteiger partial charge in [-0.05, 0) is 42.7 Å². The maximum atomic E-state index is 12.0. The molecule has 0 unspecified atom stereocenters. The summed E-state index contributed by atoms with van der Waals surface area (Å²) in [5.74, 6) is 0.943. The topological polar surface area (TPSA) is 26.3 Å². The first kappa shape index (κ1) is 14.0. The van der Waals surface area contributed by atoms with Gasteiger partial charge in [-0.3, -0.25) is 4.79 Å². The molecule has 0 radical (unpaired) electrons. The first-order valence-electron chi connectivity index (χ1n) is 5.63. The van der Waals surface area contributed by atoms with E-state index >= 15 is 0 Å². The molecule has 0 saturated heterocycles. The van der Waals surface area contributed by atoms with Crippen LogP contribution in [0.4, 0.5) is 0 Å². The molecule has 3 heteroatoms. The lowest BCUT2D eigenvalue weighted by atomic mass is 10.0. The summed E-state index contributed by atoms with van der Waals surface area (Å²) >= 11 is 3.45. The van der Waals surface area contributed by atoms with Crippen LogP contribution in [0.1, 0.15) is 25.8 Å². The zero-order chi connectivity index (χ0) is 12.8. The average molecular weight is 297 g/mol. The highest BCUT2D eigenvalue weighted by Crippen LogP contribution is 2.24. The van der Waals surface area contributed by atoms with Crippen LogP contribution >= 0.6 is 15.9 Å². The fourth-order valence-electron chi connectivity index (χ4n) is 1.66. The highest BCUT2D eigenvalue weighted by molar-refractivity contribution is 9.10. The van der Waals surface area contributed by atoms with E-state index in [2.05, 4.69) is 15.9 Å². The molecular weight excluding hydrogens is 280 g/mol. The number of carbonyl (C=O) groups excluding carboxylic acids is 1. The van der Waals surface area contributed by atoms with Crippen LogP contribution in [-0.2, 0) is 11.2 Å². The smallest absolute Gasteiger partial charge is 0.162 e. The second-order valence-electron chi connectivity index (χ2n) is 3.72. The van der Waals surface area contributed by atoms with Crippen LogP contribution in [0.25, 0.3) is 0 Å². The molecule has 0 aliphatic rings. The van der Waals surface area contributed by atoms with Gasteiger partial charge in [0.25, 0.3) is 0 Å². The van der Waals surface area contributed by atoms with Crippen LogP contribution in [-0.4, -0.2) is 12.9 Å². The van der Waals surface area contributed by atoms with Crippen molar-refractivity contribution in [3.63, 3.8) is 0 Å². The van der Waals surface area contributed by atoms with E-state index in [0.29, 0.717) is 6.42 Å². The monoisotopic (exact) mass is 296 g/mol. The lowest BCUT2D eigenvalue weighted by Gasteiger charge is -2.08. The van der Waals surface area contributed by atoms with E-state index in [1.807, 2.05) is 38.1 Å². The van der Waals surface area contributed by atoms with Crippen LogP contribution in [0, 0.1) is 0 Å². The zero-order valence-electron chi connectivity index (χ0n) is 10.4. The summed E-state index contributed by atoms with van der Waals surface area (Å²) in [5.41, 5.74) is 1.84. The Labute approximate surface area is 111 Å². The van der Waals surface area contributed by atoms with Crippen LogP contribution in [0.15, 0.2) is 34.3 Å². The second kappa shape index (κ2) is 6.60. The van der Waals surface area contributed by atoms with Crippen molar-refractivity contribution < 1.29 is 9.53 Å².